The molecule has 5 heteroatoms. The van der Waals surface area contributed by atoms with Gasteiger partial charge in [0, 0.05) is 12.1 Å². The number of para-hydroxylation sites is 1. The molecular formula is C16H23ClN2O2. The summed E-state index contributed by atoms with van der Waals surface area (Å²) in [5, 5.41) is 7.00. The molecule has 1 aliphatic heterocycles. The van der Waals surface area contributed by atoms with Gasteiger partial charge in [-0.15, -0.1) is 0 Å². The molecule has 21 heavy (non-hydrogen) atoms. The van der Waals surface area contributed by atoms with Gasteiger partial charge in [0.2, 0.25) is 0 Å². The monoisotopic (exact) mass is 310 g/mol. The van der Waals surface area contributed by atoms with Gasteiger partial charge >= 0.3 is 0 Å². The highest BCUT2D eigenvalue weighted by molar-refractivity contribution is 6.32. The molecule has 1 amide bonds. The fourth-order valence-electron chi connectivity index (χ4n) is 2.57. The lowest BCUT2D eigenvalue weighted by molar-refractivity contribution is -0.129. The van der Waals surface area contributed by atoms with E-state index in [1.165, 1.54) is 0 Å². The molecule has 0 aromatic heterocycles. The predicted molar refractivity (Wildman–Crippen MR) is 84.8 cm³/mol. The van der Waals surface area contributed by atoms with E-state index in [0.717, 1.165) is 19.4 Å². The summed E-state index contributed by atoms with van der Waals surface area (Å²) in [5.41, 5.74) is 0. The summed E-state index contributed by atoms with van der Waals surface area (Å²) in [7, 11) is 0. The highest BCUT2D eigenvalue weighted by Crippen LogP contribution is 2.25. The van der Waals surface area contributed by atoms with Gasteiger partial charge in [-0.1, -0.05) is 30.7 Å². The van der Waals surface area contributed by atoms with E-state index in [2.05, 4.69) is 17.6 Å². The molecule has 1 fully saturated rings. The summed E-state index contributed by atoms with van der Waals surface area (Å²) in [6.07, 6.45) is 2.01. The highest BCUT2D eigenvalue weighted by atomic mass is 35.5. The summed E-state index contributed by atoms with van der Waals surface area (Å²) in [4.78, 5) is 12.4. The molecular weight excluding hydrogens is 288 g/mol. The Balaban J connectivity index is 1.94. The van der Waals surface area contributed by atoms with Crippen molar-refractivity contribution in [3.05, 3.63) is 29.3 Å². The number of ether oxygens (including phenoxy) is 1. The Hall–Kier alpha value is -1.26. The van der Waals surface area contributed by atoms with Crippen molar-refractivity contribution in [1.82, 2.24) is 10.6 Å². The van der Waals surface area contributed by atoms with Crippen molar-refractivity contribution in [2.24, 2.45) is 0 Å². The van der Waals surface area contributed by atoms with E-state index < -0.39 is 6.10 Å². The van der Waals surface area contributed by atoms with E-state index in [-0.39, 0.29) is 11.9 Å². The minimum atomic E-state index is -0.505. The summed E-state index contributed by atoms with van der Waals surface area (Å²) in [6, 6.07) is 7.89. The third-order valence-corrected chi connectivity index (χ3v) is 4.05. The molecule has 1 saturated heterocycles. The SMILES string of the molecule is CCC(Oc1ccccc1Cl)C(=O)NC1CCNC(C)C1. The molecule has 3 unspecified atom stereocenters. The second-order valence-corrected chi connectivity index (χ2v) is 5.94. The topological polar surface area (TPSA) is 50.4 Å². The van der Waals surface area contributed by atoms with Gasteiger partial charge < -0.3 is 15.4 Å². The molecule has 0 saturated carbocycles. The lowest BCUT2D eigenvalue weighted by Gasteiger charge is -2.30. The van der Waals surface area contributed by atoms with Crippen molar-refractivity contribution in [3.63, 3.8) is 0 Å². The van der Waals surface area contributed by atoms with Gasteiger partial charge in [0.15, 0.2) is 6.10 Å². The summed E-state index contributed by atoms with van der Waals surface area (Å²) in [6.45, 7) is 5.01. The molecule has 1 aromatic rings. The first-order chi connectivity index (χ1) is 10.1. The number of carbonyl (C=O) groups is 1. The fourth-order valence-corrected chi connectivity index (χ4v) is 2.75. The number of halogens is 1. The van der Waals surface area contributed by atoms with Crippen molar-refractivity contribution < 1.29 is 9.53 Å². The van der Waals surface area contributed by atoms with E-state index in [1.54, 1.807) is 12.1 Å². The quantitative estimate of drug-likeness (QED) is 0.879. The second kappa shape index (κ2) is 7.66. The van der Waals surface area contributed by atoms with E-state index in [9.17, 15) is 4.79 Å². The Kier molecular flexibility index (Phi) is 5.88. The molecule has 116 valence electrons. The first-order valence-corrected chi connectivity index (χ1v) is 7.93. The number of carbonyl (C=O) groups excluding carboxylic acids is 1. The molecule has 2 rings (SSSR count). The molecule has 1 heterocycles. The summed E-state index contributed by atoms with van der Waals surface area (Å²) < 4.78 is 5.76. The molecule has 4 nitrogen and oxygen atoms in total. The highest BCUT2D eigenvalue weighted by Gasteiger charge is 2.25. The van der Waals surface area contributed by atoms with Crippen LogP contribution in [-0.2, 0) is 4.79 Å². The maximum absolute atomic E-state index is 12.4. The van der Waals surface area contributed by atoms with Crippen molar-refractivity contribution >= 4 is 17.5 Å². The molecule has 0 spiro atoms. The minimum absolute atomic E-state index is 0.0588. The first-order valence-electron chi connectivity index (χ1n) is 7.55. The normalized spacial score (nSPS) is 23.4. The number of piperidine rings is 1. The van der Waals surface area contributed by atoms with Crippen LogP contribution >= 0.6 is 11.6 Å². The Bertz CT molecular complexity index is 481. The number of benzene rings is 1. The van der Waals surface area contributed by atoms with Gasteiger partial charge in [-0.25, -0.2) is 0 Å². The maximum Gasteiger partial charge on any atom is 0.261 e. The summed E-state index contributed by atoms with van der Waals surface area (Å²) in [5.74, 6) is 0.497. The smallest absolute Gasteiger partial charge is 0.261 e. The third kappa shape index (κ3) is 4.61. The van der Waals surface area contributed by atoms with Crippen LogP contribution in [0.4, 0.5) is 0 Å². The second-order valence-electron chi connectivity index (χ2n) is 5.53. The Labute approximate surface area is 131 Å². The average Bonchev–Trinajstić information content (AvgIpc) is 2.46. The lowest BCUT2D eigenvalue weighted by atomic mass is 10.0. The van der Waals surface area contributed by atoms with E-state index >= 15 is 0 Å². The standard InChI is InChI=1S/C16H23ClN2O2/c1-3-14(21-15-7-5-4-6-13(15)17)16(20)19-12-8-9-18-11(2)10-12/h4-7,11-12,14,18H,3,8-10H2,1-2H3,(H,19,20). The van der Waals surface area contributed by atoms with Crippen LogP contribution in [0, 0.1) is 0 Å². The van der Waals surface area contributed by atoms with Gasteiger partial charge in [-0.3, -0.25) is 4.79 Å². The number of nitrogens with one attached hydrogen (secondary N) is 2. The van der Waals surface area contributed by atoms with Crippen LogP contribution in [0.2, 0.25) is 5.02 Å². The van der Waals surface area contributed by atoms with Crippen LogP contribution in [-0.4, -0.2) is 30.6 Å². The minimum Gasteiger partial charge on any atom is -0.479 e. The zero-order valence-corrected chi connectivity index (χ0v) is 13.3. The molecule has 1 aromatic carbocycles. The number of rotatable bonds is 5. The van der Waals surface area contributed by atoms with Gasteiger partial charge in [0.05, 0.1) is 5.02 Å². The van der Waals surface area contributed by atoms with Crippen LogP contribution in [0.15, 0.2) is 24.3 Å². The summed E-state index contributed by atoms with van der Waals surface area (Å²) >= 11 is 6.08. The van der Waals surface area contributed by atoms with Crippen molar-refractivity contribution in [3.8, 4) is 5.75 Å². The van der Waals surface area contributed by atoms with Gasteiger partial charge in [-0.05, 0) is 44.9 Å². The first kappa shape index (κ1) is 16.1. The van der Waals surface area contributed by atoms with E-state index in [0.29, 0.717) is 23.2 Å². The van der Waals surface area contributed by atoms with E-state index in [4.69, 9.17) is 16.3 Å². The predicted octanol–water partition coefficient (Wildman–Crippen LogP) is 2.75. The van der Waals surface area contributed by atoms with Gasteiger partial charge in [0.1, 0.15) is 5.75 Å². The zero-order valence-electron chi connectivity index (χ0n) is 12.6. The zero-order chi connectivity index (χ0) is 15.2. The third-order valence-electron chi connectivity index (χ3n) is 3.74. The molecule has 0 radical (unpaired) electrons. The van der Waals surface area contributed by atoms with Crippen LogP contribution in [0.1, 0.15) is 33.1 Å². The fraction of sp³-hybridized carbons (Fsp3) is 0.562. The Morgan fingerprint density at radius 2 is 2.29 bits per heavy atom. The van der Waals surface area contributed by atoms with Gasteiger partial charge in [-0.2, -0.15) is 0 Å². The number of hydrogen-bond donors (Lipinski definition) is 2. The number of amides is 1. The average molecular weight is 311 g/mol. The molecule has 1 aliphatic rings. The largest absolute Gasteiger partial charge is 0.479 e. The van der Waals surface area contributed by atoms with Crippen LogP contribution in [0.25, 0.3) is 0 Å². The molecule has 0 aliphatic carbocycles. The van der Waals surface area contributed by atoms with Crippen LogP contribution in [0.3, 0.4) is 0 Å². The number of hydrogen-bond acceptors (Lipinski definition) is 3. The molecule has 3 atom stereocenters. The van der Waals surface area contributed by atoms with Crippen LogP contribution < -0.4 is 15.4 Å². The molecule has 2 N–H and O–H groups in total. The molecule has 0 bridgehead atoms. The van der Waals surface area contributed by atoms with E-state index in [1.807, 2.05) is 19.1 Å². The maximum atomic E-state index is 12.4. The Morgan fingerprint density at radius 3 is 2.95 bits per heavy atom. The van der Waals surface area contributed by atoms with Crippen molar-refractivity contribution in [1.29, 1.82) is 0 Å². The lowest BCUT2D eigenvalue weighted by Crippen LogP contribution is -2.50. The van der Waals surface area contributed by atoms with Crippen molar-refractivity contribution in [2.75, 3.05) is 6.54 Å². The van der Waals surface area contributed by atoms with Gasteiger partial charge in [0.25, 0.3) is 5.91 Å². The Morgan fingerprint density at radius 1 is 1.52 bits per heavy atom. The van der Waals surface area contributed by atoms with Crippen LogP contribution in [0.5, 0.6) is 5.75 Å². The van der Waals surface area contributed by atoms with Crippen molar-refractivity contribution in [2.45, 2.75) is 51.3 Å².